The van der Waals surface area contributed by atoms with Crippen molar-refractivity contribution in [3.05, 3.63) is 23.8 Å². The van der Waals surface area contributed by atoms with E-state index in [9.17, 15) is 9.59 Å². The molecule has 0 aliphatic carbocycles. The maximum Gasteiger partial charge on any atom is 0.314 e. The Hall–Kier alpha value is -2.44. The molecule has 2 heterocycles. The zero-order chi connectivity index (χ0) is 17.5. The smallest absolute Gasteiger partial charge is 0.314 e. The van der Waals surface area contributed by atoms with Crippen LogP contribution in [0.4, 0.5) is 4.79 Å². The number of urea groups is 1. The summed E-state index contributed by atoms with van der Waals surface area (Å²) in [5.41, 5.74) is 1.08. The number of fused-ring (bicyclic) bond motifs is 1. The zero-order valence-corrected chi connectivity index (χ0v) is 14.4. The highest BCUT2D eigenvalue weighted by Crippen LogP contribution is 2.32. The molecule has 3 amide bonds. The van der Waals surface area contributed by atoms with E-state index in [2.05, 4.69) is 10.6 Å². The first-order valence-corrected chi connectivity index (χ1v) is 8.90. The van der Waals surface area contributed by atoms with Crippen molar-refractivity contribution in [3.8, 4) is 11.5 Å². The van der Waals surface area contributed by atoms with Crippen molar-refractivity contribution >= 4 is 11.9 Å². The molecule has 0 aromatic heterocycles. The maximum atomic E-state index is 11.9. The largest absolute Gasteiger partial charge is 0.454 e. The molecule has 1 aromatic carbocycles. The van der Waals surface area contributed by atoms with Crippen molar-refractivity contribution < 1.29 is 19.1 Å². The van der Waals surface area contributed by atoms with Crippen LogP contribution >= 0.6 is 0 Å². The lowest BCUT2D eigenvalue weighted by molar-refractivity contribution is -0.130. The summed E-state index contributed by atoms with van der Waals surface area (Å²) in [4.78, 5) is 25.6. The first kappa shape index (κ1) is 17.4. The van der Waals surface area contributed by atoms with Crippen molar-refractivity contribution in [1.82, 2.24) is 15.5 Å². The summed E-state index contributed by atoms with van der Waals surface area (Å²) in [5, 5.41) is 5.64. The molecule has 0 spiro atoms. The number of hydrogen-bond acceptors (Lipinski definition) is 4. The fourth-order valence-corrected chi connectivity index (χ4v) is 3.06. The molecule has 0 saturated carbocycles. The van der Waals surface area contributed by atoms with Crippen LogP contribution in [0.15, 0.2) is 18.2 Å². The molecule has 136 valence electrons. The average molecular weight is 347 g/mol. The van der Waals surface area contributed by atoms with Gasteiger partial charge in [0.15, 0.2) is 11.5 Å². The lowest BCUT2D eigenvalue weighted by atomic mass is 10.1. The molecule has 1 fully saturated rings. The molecule has 2 aliphatic heterocycles. The van der Waals surface area contributed by atoms with E-state index in [-0.39, 0.29) is 18.7 Å². The second kappa shape index (κ2) is 8.60. The SMILES string of the molecule is O=C(NCCc1ccc2c(c1)OCO2)NCCN1CCCCCC1=O. The summed E-state index contributed by atoms with van der Waals surface area (Å²) in [5.74, 6) is 1.71. The van der Waals surface area contributed by atoms with Gasteiger partial charge in [-0.2, -0.15) is 0 Å². The van der Waals surface area contributed by atoms with Gasteiger partial charge in [-0.25, -0.2) is 4.79 Å². The molecule has 1 saturated heterocycles. The third-order valence-electron chi connectivity index (χ3n) is 4.47. The summed E-state index contributed by atoms with van der Waals surface area (Å²) < 4.78 is 10.6. The normalized spacial score (nSPS) is 16.5. The molecule has 0 radical (unpaired) electrons. The number of carbonyl (C=O) groups is 2. The number of ether oxygens (including phenoxy) is 2. The molecule has 1 aromatic rings. The Morgan fingerprint density at radius 1 is 1.08 bits per heavy atom. The number of nitrogens with one attached hydrogen (secondary N) is 2. The maximum absolute atomic E-state index is 11.9. The van der Waals surface area contributed by atoms with Gasteiger partial charge in [0, 0.05) is 32.6 Å². The molecule has 7 nitrogen and oxygen atoms in total. The Morgan fingerprint density at radius 2 is 1.92 bits per heavy atom. The summed E-state index contributed by atoms with van der Waals surface area (Å²) in [6.45, 7) is 2.65. The molecule has 0 bridgehead atoms. The highest BCUT2D eigenvalue weighted by atomic mass is 16.7. The number of likely N-dealkylation sites (tertiary alicyclic amines) is 1. The average Bonchev–Trinajstić information content (AvgIpc) is 2.98. The van der Waals surface area contributed by atoms with E-state index in [0.29, 0.717) is 32.5 Å². The fraction of sp³-hybridized carbons (Fsp3) is 0.556. The van der Waals surface area contributed by atoms with Crippen molar-refractivity contribution in [2.24, 2.45) is 0 Å². The monoisotopic (exact) mass is 347 g/mol. The van der Waals surface area contributed by atoms with Gasteiger partial charge < -0.3 is 25.0 Å². The van der Waals surface area contributed by atoms with Crippen LogP contribution in [-0.4, -0.2) is 49.8 Å². The van der Waals surface area contributed by atoms with E-state index in [0.717, 1.165) is 42.9 Å². The van der Waals surface area contributed by atoms with Crippen molar-refractivity contribution in [2.45, 2.75) is 32.1 Å². The number of nitrogens with zero attached hydrogens (tertiary/aromatic N) is 1. The van der Waals surface area contributed by atoms with Gasteiger partial charge in [0.25, 0.3) is 0 Å². The van der Waals surface area contributed by atoms with E-state index in [1.54, 1.807) is 0 Å². The number of rotatable bonds is 6. The van der Waals surface area contributed by atoms with Crippen LogP contribution in [0.1, 0.15) is 31.2 Å². The third-order valence-corrected chi connectivity index (χ3v) is 4.47. The van der Waals surface area contributed by atoms with Gasteiger partial charge in [0.05, 0.1) is 0 Å². The molecule has 25 heavy (non-hydrogen) atoms. The van der Waals surface area contributed by atoms with Crippen molar-refractivity contribution in [3.63, 3.8) is 0 Å². The summed E-state index contributed by atoms with van der Waals surface area (Å²) in [6.07, 6.45) is 4.48. The predicted octanol–water partition coefficient (Wildman–Crippen LogP) is 1.66. The van der Waals surface area contributed by atoms with Gasteiger partial charge in [0.2, 0.25) is 12.7 Å². The van der Waals surface area contributed by atoms with Gasteiger partial charge in [-0.15, -0.1) is 0 Å². The van der Waals surface area contributed by atoms with Crippen LogP contribution in [0.5, 0.6) is 11.5 Å². The fourth-order valence-electron chi connectivity index (χ4n) is 3.06. The van der Waals surface area contributed by atoms with Gasteiger partial charge in [0.1, 0.15) is 0 Å². The summed E-state index contributed by atoms with van der Waals surface area (Å²) in [6, 6.07) is 5.59. The lowest BCUT2D eigenvalue weighted by Gasteiger charge is -2.20. The zero-order valence-electron chi connectivity index (χ0n) is 14.4. The third kappa shape index (κ3) is 5.01. The van der Waals surface area contributed by atoms with E-state index in [4.69, 9.17) is 9.47 Å². The Bertz CT molecular complexity index is 620. The first-order valence-electron chi connectivity index (χ1n) is 8.90. The highest BCUT2D eigenvalue weighted by Gasteiger charge is 2.16. The molecule has 0 unspecified atom stereocenters. The second-order valence-corrected chi connectivity index (χ2v) is 6.31. The highest BCUT2D eigenvalue weighted by molar-refractivity contribution is 5.76. The summed E-state index contributed by atoms with van der Waals surface area (Å²) >= 11 is 0. The topological polar surface area (TPSA) is 79.9 Å². The second-order valence-electron chi connectivity index (χ2n) is 6.31. The standard InChI is InChI=1S/C18H25N3O4/c22-17-4-2-1-3-10-21(17)11-9-20-18(23)19-8-7-14-5-6-15-16(12-14)25-13-24-15/h5-6,12H,1-4,7-11,13H2,(H2,19,20,23). The van der Waals surface area contributed by atoms with E-state index in [1.165, 1.54) is 0 Å². The molecule has 3 rings (SSSR count). The minimum Gasteiger partial charge on any atom is -0.454 e. The Morgan fingerprint density at radius 3 is 2.84 bits per heavy atom. The Kier molecular flexibility index (Phi) is 5.98. The molecule has 2 aliphatic rings. The van der Waals surface area contributed by atoms with Crippen LogP contribution in [-0.2, 0) is 11.2 Å². The number of amides is 3. The predicted molar refractivity (Wildman–Crippen MR) is 92.7 cm³/mol. The minimum atomic E-state index is -0.206. The molecular weight excluding hydrogens is 322 g/mol. The van der Waals surface area contributed by atoms with Crippen LogP contribution in [0.2, 0.25) is 0 Å². The molecule has 0 atom stereocenters. The summed E-state index contributed by atoms with van der Waals surface area (Å²) in [7, 11) is 0. The van der Waals surface area contributed by atoms with E-state index >= 15 is 0 Å². The lowest BCUT2D eigenvalue weighted by Crippen LogP contribution is -2.42. The molecule has 7 heteroatoms. The van der Waals surface area contributed by atoms with E-state index in [1.807, 2.05) is 23.1 Å². The number of carbonyl (C=O) groups excluding carboxylic acids is 2. The van der Waals surface area contributed by atoms with Gasteiger partial charge in [-0.3, -0.25) is 4.79 Å². The van der Waals surface area contributed by atoms with Crippen molar-refractivity contribution in [2.75, 3.05) is 33.0 Å². The Balaban J connectivity index is 1.32. The quantitative estimate of drug-likeness (QED) is 0.820. The molecular formula is C18H25N3O4. The Labute approximate surface area is 147 Å². The van der Waals surface area contributed by atoms with Gasteiger partial charge in [-0.1, -0.05) is 12.5 Å². The number of benzene rings is 1. The van der Waals surface area contributed by atoms with Crippen LogP contribution in [0.3, 0.4) is 0 Å². The van der Waals surface area contributed by atoms with E-state index < -0.39 is 0 Å². The first-order chi connectivity index (χ1) is 12.2. The minimum absolute atomic E-state index is 0.197. The number of hydrogen-bond donors (Lipinski definition) is 2. The van der Waals surface area contributed by atoms with Crippen LogP contribution in [0.25, 0.3) is 0 Å². The van der Waals surface area contributed by atoms with Crippen molar-refractivity contribution in [1.29, 1.82) is 0 Å². The van der Waals surface area contributed by atoms with Crippen LogP contribution < -0.4 is 20.1 Å². The van der Waals surface area contributed by atoms with Crippen LogP contribution in [0, 0.1) is 0 Å². The molecule has 2 N–H and O–H groups in total. The van der Waals surface area contributed by atoms with Gasteiger partial charge >= 0.3 is 6.03 Å². The van der Waals surface area contributed by atoms with Gasteiger partial charge in [-0.05, 0) is 37.0 Å².